The molecule has 6 nitrogen and oxygen atoms in total. The van der Waals surface area contributed by atoms with Gasteiger partial charge >= 0.3 is 5.97 Å². The van der Waals surface area contributed by atoms with Crippen LogP contribution in [0.3, 0.4) is 0 Å². The number of carboxylic acids is 1. The molecule has 1 unspecified atom stereocenters. The minimum absolute atomic E-state index is 0. The van der Waals surface area contributed by atoms with Crippen molar-refractivity contribution in [1.82, 2.24) is 15.4 Å². The van der Waals surface area contributed by atoms with Gasteiger partial charge in [-0.2, -0.15) is 0 Å². The molecule has 0 amide bonds. The number of H-pyrrole nitrogens is 1. The Morgan fingerprint density at radius 3 is 2.85 bits per heavy atom. The first kappa shape index (κ1) is 11.9. The normalized spacial score (nSPS) is 11.8. The lowest BCUT2D eigenvalue weighted by Crippen LogP contribution is -2.15. The Morgan fingerprint density at radius 1 is 1.69 bits per heavy atom. The van der Waals surface area contributed by atoms with Crippen LogP contribution >= 0.6 is 12.4 Å². The second-order valence-electron chi connectivity index (χ2n) is 2.44. The predicted octanol–water partition coefficient (Wildman–Crippen LogP) is -0.395. The molecular formula is C6H10ClN3O3. The van der Waals surface area contributed by atoms with Crippen molar-refractivity contribution in [3.8, 4) is 0 Å². The summed E-state index contributed by atoms with van der Waals surface area (Å²) in [5.41, 5.74) is 0.628. The highest BCUT2D eigenvalue weighted by atomic mass is 35.5. The fourth-order valence-corrected chi connectivity index (χ4v) is 0.846. The topological polar surface area (TPSA) is 99.1 Å². The summed E-state index contributed by atoms with van der Waals surface area (Å²) in [5, 5.41) is 26.9. The van der Waals surface area contributed by atoms with Crippen LogP contribution in [-0.2, 0) is 11.2 Å². The van der Waals surface area contributed by atoms with Crippen LogP contribution in [0.1, 0.15) is 12.1 Å². The fraction of sp³-hybridized carbons (Fsp3) is 0.500. The summed E-state index contributed by atoms with van der Waals surface area (Å²) in [5.74, 6) is -1.02. The van der Waals surface area contributed by atoms with E-state index in [1.165, 1.54) is 6.20 Å². The number of aromatic amines is 1. The van der Waals surface area contributed by atoms with E-state index in [1.54, 1.807) is 0 Å². The Bertz CT molecular complexity index is 252. The van der Waals surface area contributed by atoms with Gasteiger partial charge in [0.25, 0.3) is 0 Å². The van der Waals surface area contributed by atoms with Gasteiger partial charge in [0.2, 0.25) is 0 Å². The van der Waals surface area contributed by atoms with E-state index in [0.717, 1.165) is 0 Å². The molecule has 1 aromatic rings. The van der Waals surface area contributed by atoms with Crippen LogP contribution < -0.4 is 0 Å². The summed E-state index contributed by atoms with van der Waals surface area (Å²) in [4.78, 5) is 10.1. The molecule has 1 rings (SSSR count). The lowest BCUT2D eigenvalue weighted by molar-refractivity contribution is -0.139. The van der Waals surface area contributed by atoms with E-state index in [2.05, 4.69) is 15.4 Å². The van der Waals surface area contributed by atoms with Gasteiger partial charge in [0, 0.05) is 6.42 Å². The number of rotatable bonds is 4. The fourth-order valence-electron chi connectivity index (χ4n) is 0.846. The van der Waals surface area contributed by atoms with Crippen LogP contribution in [0.5, 0.6) is 0 Å². The summed E-state index contributed by atoms with van der Waals surface area (Å²) in [7, 11) is 0. The molecule has 0 aromatic carbocycles. The van der Waals surface area contributed by atoms with Crippen LogP contribution in [0, 0.1) is 0 Å². The molecule has 7 heteroatoms. The summed E-state index contributed by atoms with van der Waals surface area (Å²) in [6.07, 6.45) is 0.536. The first-order valence-electron chi connectivity index (χ1n) is 3.43. The van der Waals surface area contributed by atoms with Gasteiger partial charge in [-0.1, -0.05) is 5.21 Å². The minimum atomic E-state index is -1.02. The first-order chi connectivity index (χ1) is 5.68. The number of aliphatic hydroxyl groups is 1. The largest absolute Gasteiger partial charge is 0.481 e. The van der Waals surface area contributed by atoms with E-state index in [-0.39, 0.29) is 25.2 Å². The van der Waals surface area contributed by atoms with Crippen LogP contribution in [0.2, 0.25) is 0 Å². The summed E-state index contributed by atoms with van der Waals surface area (Å²) < 4.78 is 0. The molecule has 3 N–H and O–H groups in total. The van der Waals surface area contributed by atoms with Crippen molar-refractivity contribution in [2.45, 2.75) is 18.9 Å². The second kappa shape index (κ2) is 5.50. The number of hydrogen-bond donors (Lipinski definition) is 3. The molecule has 0 aliphatic rings. The van der Waals surface area contributed by atoms with Crippen molar-refractivity contribution in [3.63, 3.8) is 0 Å². The average molecular weight is 208 g/mol. The monoisotopic (exact) mass is 207 g/mol. The highest BCUT2D eigenvalue weighted by Gasteiger charge is 2.10. The maximum Gasteiger partial charge on any atom is 0.305 e. The Kier molecular flexibility index (Phi) is 5.01. The van der Waals surface area contributed by atoms with Crippen molar-refractivity contribution >= 4 is 18.4 Å². The van der Waals surface area contributed by atoms with E-state index in [4.69, 9.17) is 10.2 Å². The number of aliphatic carboxylic acids is 1. The predicted molar refractivity (Wildman–Crippen MR) is 45.6 cm³/mol. The molecule has 0 spiro atoms. The van der Waals surface area contributed by atoms with Crippen LogP contribution in [0.15, 0.2) is 6.20 Å². The lowest BCUT2D eigenvalue weighted by atomic mass is 10.1. The van der Waals surface area contributed by atoms with Gasteiger partial charge in [-0.25, -0.2) is 0 Å². The van der Waals surface area contributed by atoms with Crippen molar-refractivity contribution in [1.29, 1.82) is 0 Å². The number of nitrogens with one attached hydrogen (secondary N) is 1. The van der Waals surface area contributed by atoms with Crippen molar-refractivity contribution < 1.29 is 15.0 Å². The molecule has 0 aliphatic heterocycles. The number of aliphatic hydroxyl groups excluding tert-OH is 1. The Balaban J connectivity index is 0.00000144. The third-order valence-electron chi connectivity index (χ3n) is 1.33. The van der Waals surface area contributed by atoms with Crippen LogP contribution in [-0.4, -0.2) is 37.7 Å². The molecule has 1 atom stereocenters. The van der Waals surface area contributed by atoms with Crippen LogP contribution in [0.4, 0.5) is 0 Å². The third kappa shape index (κ3) is 4.44. The Morgan fingerprint density at radius 2 is 2.38 bits per heavy atom. The molecule has 0 saturated carbocycles. The van der Waals surface area contributed by atoms with E-state index < -0.39 is 12.1 Å². The molecule has 74 valence electrons. The molecule has 0 bridgehead atoms. The van der Waals surface area contributed by atoms with Gasteiger partial charge in [0.05, 0.1) is 24.4 Å². The molecule has 1 aromatic heterocycles. The molecule has 0 saturated heterocycles. The zero-order chi connectivity index (χ0) is 8.97. The van der Waals surface area contributed by atoms with Gasteiger partial charge in [-0.3, -0.25) is 9.89 Å². The highest BCUT2D eigenvalue weighted by Crippen LogP contribution is 2.00. The van der Waals surface area contributed by atoms with Crippen molar-refractivity contribution in [3.05, 3.63) is 11.9 Å². The second-order valence-corrected chi connectivity index (χ2v) is 2.44. The van der Waals surface area contributed by atoms with E-state index in [0.29, 0.717) is 5.69 Å². The number of hydrogen-bond acceptors (Lipinski definition) is 4. The number of carboxylic acid groups (broad SMARTS) is 1. The number of carbonyl (C=O) groups is 1. The number of halogens is 1. The third-order valence-corrected chi connectivity index (χ3v) is 1.33. The Hall–Kier alpha value is -1.14. The lowest BCUT2D eigenvalue weighted by Gasteiger charge is -2.03. The average Bonchev–Trinajstić information content (AvgIpc) is 2.37. The van der Waals surface area contributed by atoms with Gasteiger partial charge in [-0.05, 0) is 0 Å². The molecule has 0 fully saturated rings. The number of aromatic nitrogens is 3. The summed E-state index contributed by atoms with van der Waals surface area (Å²) in [6, 6.07) is 0. The molecule has 13 heavy (non-hydrogen) atoms. The SMILES string of the molecule is Cl.O=C(O)CC(O)Cc1cnn[nH]1. The van der Waals surface area contributed by atoms with Gasteiger partial charge in [0.15, 0.2) is 0 Å². The van der Waals surface area contributed by atoms with E-state index in [9.17, 15) is 4.79 Å². The van der Waals surface area contributed by atoms with Gasteiger partial charge in [0.1, 0.15) is 0 Å². The quantitative estimate of drug-likeness (QED) is 0.624. The maximum atomic E-state index is 10.1. The van der Waals surface area contributed by atoms with Crippen molar-refractivity contribution in [2.24, 2.45) is 0 Å². The number of nitrogens with zero attached hydrogens (tertiary/aromatic N) is 2. The minimum Gasteiger partial charge on any atom is -0.481 e. The molecular weight excluding hydrogens is 198 g/mol. The standard InChI is InChI=1S/C6H9N3O3.ClH/c10-5(2-6(11)12)1-4-3-7-9-8-4;/h3,5,10H,1-2H2,(H,11,12)(H,7,8,9);1H. The van der Waals surface area contributed by atoms with Crippen LogP contribution in [0.25, 0.3) is 0 Å². The summed E-state index contributed by atoms with van der Waals surface area (Å²) >= 11 is 0. The zero-order valence-corrected chi connectivity index (χ0v) is 7.49. The van der Waals surface area contributed by atoms with E-state index >= 15 is 0 Å². The molecule has 0 radical (unpaired) electrons. The van der Waals surface area contributed by atoms with Gasteiger partial charge < -0.3 is 10.2 Å². The maximum absolute atomic E-state index is 10.1. The Labute approximate surface area is 80.4 Å². The molecule has 0 aliphatic carbocycles. The highest BCUT2D eigenvalue weighted by molar-refractivity contribution is 5.85. The van der Waals surface area contributed by atoms with Crippen molar-refractivity contribution in [2.75, 3.05) is 0 Å². The summed E-state index contributed by atoms with van der Waals surface area (Å²) in [6.45, 7) is 0. The molecule has 1 heterocycles. The van der Waals surface area contributed by atoms with E-state index in [1.807, 2.05) is 0 Å². The smallest absolute Gasteiger partial charge is 0.305 e. The first-order valence-corrected chi connectivity index (χ1v) is 3.43. The van der Waals surface area contributed by atoms with Gasteiger partial charge in [-0.15, -0.1) is 17.5 Å². The zero-order valence-electron chi connectivity index (χ0n) is 6.67.